The highest BCUT2D eigenvalue weighted by Gasteiger charge is 2.74. The maximum Gasteiger partial charge on any atom is 0.435 e. The smallest absolute Gasteiger partial charge is 0.338 e. The number of nitrogens with zero attached hydrogens (tertiary/aromatic N) is 1. The van der Waals surface area contributed by atoms with Crippen LogP contribution < -0.4 is 0 Å². The van der Waals surface area contributed by atoms with Crippen LogP contribution in [-0.4, -0.2) is 49.9 Å². The van der Waals surface area contributed by atoms with Gasteiger partial charge in [0.05, 0.1) is 10.9 Å². The van der Waals surface area contributed by atoms with Crippen molar-refractivity contribution in [3.8, 4) is 0 Å². The fourth-order valence-electron chi connectivity index (χ4n) is 8.54. The highest BCUT2D eigenvalue weighted by molar-refractivity contribution is 14.1. The van der Waals surface area contributed by atoms with Gasteiger partial charge in [-0.15, -0.1) is 0 Å². The summed E-state index contributed by atoms with van der Waals surface area (Å²) in [7, 11) is -4.41. The lowest BCUT2D eigenvalue weighted by atomic mass is 9.47. The number of fused-ring (bicyclic) bond motifs is 3. The van der Waals surface area contributed by atoms with E-state index < -0.39 is 44.2 Å². The summed E-state index contributed by atoms with van der Waals surface area (Å²) < 4.78 is 125. The number of Topliss-reactive ketones (excluding diaryl/α,β-unsaturated/α-hetero) is 1. The molecular formula is C32H31F7INO4S. The molecule has 0 aromatic heterocycles. The van der Waals surface area contributed by atoms with Crippen LogP contribution in [0.25, 0.3) is 0 Å². The lowest BCUT2D eigenvalue weighted by molar-refractivity contribution is -0.348. The zero-order valence-corrected chi connectivity index (χ0v) is 27.6. The second-order valence-corrected chi connectivity index (χ2v) is 16.8. The number of aryl methyl sites for hydroxylation is 1. The van der Waals surface area contributed by atoms with Crippen LogP contribution in [0.1, 0.15) is 68.6 Å². The molecule has 46 heavy (non-hydrogen) atoms. The van der Waals surface area contributed by atoms with Crippen molar-refractivity contribution < 1.29 is 48.7 Å². The van der Waals surface area contributed by atoms with Crippen LogP contribution >= 0.6 is 22.6 Å². The number of ketones is 1. The first-order valence-electron chi connectivity index (χ1n) is 15.0. The predicted molar refractivity (Wildman–Crippen MR) is 161 cm³/mol. The van der Waals surface area contributed by atoms with Crippen LogP contribution in [0.4, 0.5) is 30.7 Å². The molecule has 1 aliphatic heterocycles. The Bertz CT molecular complexity index is 1660. The summed E-state index contributed by atoms with van der Waals surface area (Å²) in [6, 6.07) is 6.75. The van der Waals surface area contributed by atoms with Crippen LogP contribution in [0.5, 0.6) is 0 Å². The first kappa shape index (κ1) is 33.7. The van der Waals surface area contributed by atoms with Crippen molar-refractivity contribution in [3.63, 3.8) is 0 Å². The number of alkyl halides is 7. The molecule has 5 nitrogen and oxygen atoms in total. The molecule has 250 valence electrons. The maximum atomic E-state index is 15.1. The van der Waals surface area contributed by atoms with Crippen molar-refractivity contribution in [3.05, 3.63) is 62.7 Å². The van der Waals surface area contributed by atoms with E-state index in [9.17, 15) is 44.3 Å². The van der Waals surface area contributed by atoms with E-state index in [4.69, 9.17) is 0 Å². The van der Waals surface area contributed by atoms with Gasteiger partial charge in [0.2, 0.25) is 5.91 Å². The average Bonchev–Trinajstić information content (AvgIpc) is 2.93. The molecule has 14 heteroatoms. The molecule has 1 amide bonds. The topological polar surface area (TPSA) is 71.5 Å². The largest absolute Gasteiger partial charge is 0.435 e. The maximum absolute atomic E-state index is 15.1. The molecule has 2 saturated carbocycles. The van der Waals surface area contributed by atoms with Crippen LogP contribution in [0.2, 0.25) is 0 Å². The van der Waals surface area contributed by atoms with Crippen molar-refractivity contribution in [2.45, 2.75) is 92.0 Å². The molecule has 3 aliphatic carbocycles. The number of carbonyl (C=O) groups excluding carboxylic acids is 2. The number of hydrogen-bond acceptors (Lipinski definition) is 4. The van der Waals surface area contributed by atoms with Gasteiger partial charge in [-0.1, -0.05) is 18.2 Å². The van der Waals surface area contributed by atoms with E-state index in [0.29, 0.717) is 37.8 Å². The third-order valence-corrected chi connectivity index (χ3v) is 14.1. The summed E-state index contributed by atoms with van der Waals surface area (Å²) >= 11 is 2.00. The minimum atomic E-state index is -6.32. The normalized spacial score (nSPS) is 29.8. The summed E-state index contributed by atoms with van der Waals surface area (Å²) in [6.45, 7) is 1.79. The number of amides is 1. The highest BCUT2D eigenvalue weighted by Crippen LogP contribution is 2.62. The third kappa shape index (κ3) is 4.84. The third-order valence-electron chi connectivity index (χ3n) is 10.8. The van der Waals surface area contributed by atoms with Gasteiger partial charge in [0.25, 0.3) is 0 Å². The molecule has 3 fully saturated rings. The molecule has 1 heterocycles. The van der Waals surface area contributed by atoms with Gasteiger partial charge in [0, 0.05) is 27.5 Å². The van der Waals surface area contributed by atoms with Gasteiger partial charge >= 0.3 is 18.0 Å². The molecule has 0 N–H and O–H groups in total. The molecule has 1 spiro atoms. The molecule has 1 saturated heterocycles. The van der Waals surface area contributed by atoms with E-state index in [2.05, 4.69) is 0 Å². The summed E-state index contributed by atoms with van der Waals surface area (Å²) in [4.78, 5) is 27.2. The van der Waals surface area contributed by atoms with E-state index in [1.165, 1.54) is 12.1 Å². The fourth-order valence-corrected chi connectivity index (χ4v) is 11.3. The lowest BCUT2D eigenvalue weighted by Crippen LogP contribution is -2.64. The number of sulfone groups is 1. The molecule has 2 atom stereocenters. The molecule has 0 radical (unpaired) electrons. The Labute approximate surface area is 275 Å². The molecule has 4 aliphatic rings. The average molecular weight is 786 g/mol. The van der Waals surface area contributed by atoms with E-state index in [1.807, 2.05) is 22.6 Å². The minimum Gasteiger partial charge on any atom is -0.338 e. The van der Waals surface area contributed by atoms with Crippen molar-refractivity contribution in [2.24, 2.45) is 17.3 Å². The Morgan fingerprint density at radius 1 is 0.891 bits per heavy atom. The van der Waals surface area contributed by atoms with Crippen molar-refractivity contribution in [1.82, 2.24) is 4.90 Å². The number of likely N-dealkylation sites (tertiary alicyclic amines) is 1. The molecule has 6 rings (SSSR count). The first-order valence-corrected chi connectivity index (χ1v) is 17.6. The SMILES string of the molecule is CC(=O)C1CC2(C1)CC(C(=O)N1CCCC3(S(=O)(=O)c4ccc(I)cc4)c4ccc(C(F)(C(F)(F)F)C(F)(F)F)cc4CCC13)C2. The Balaban J connectivity index is 1.43. The minimum absolute atomic E-state index is 0.0105. The van der Waals surface area contributed by atoms with Crippen LogP contribution in [0.15, 0.2) is 47.4 Å². The van der Waals surface area contributed by atoms with Gasteiger partial charge in [-0.25, -0.2) is 12.8 Å². The summed E-state index contributed by atoms with van der Waals surface area (Å²) in [5, 5.41) is 0. The summed E-state index contributed by atoms with van der Waals surface area (Å²) in [5.74, 6) is -0.517. The molecule has 2 aromatic rings. The van der Waals surface area contributed by atoms with E-state index in [0.717, 1.165) is 9.64 Å². The second-order valence-electron chi connectivity index (χ2n) is 13.4. The quantitative estimate of drug-likeness (QED) is 0.232. The molecule has 0 bridgehead atoms. The summed E-state index contributed by atoms with van der Waals surface area (Å²) in [6.07, 6.45) is -10.1. The van der Waals surface area contributed by atoms with Crippen molar-refractivity contribution in [1.29, 1.82) is 0 Å². The fraction of sp³-hybridized carbons (Fsp3) is 0.562. The first-order chi connectivity index (χ1) is 21.3. The summed E-state index contributed by atoms with van der Waals surface area (Å²) in [5.41, 5.74) is -7.54. The molecule has 2 aromatic carbocycles. The van der Waals surface area contributed by atoms with Crippen molar-refractivity contribution >= 4 is 44.1 Å². The molecular weight excluding hydrogens is 754 g/mol. The van der Waals surface area contributed by atoms with Gasteiger partial charge in [-0.05, 0) is 122 Å². The number of hydrogen-bond donors (Lipinski definition) is 0. The van der Waals surface area contributed by atoms with Gasteiger partial charge < -0.3 is 4.90 Å². The van der Waals surface area contributed by atoms with Crippen LogP contribution in [0, 0.1) is 20.8 Å². The van der Waals surface area contributed by atoms with Crippen molar-refractivity contribution in [2.75, 3.05) is 6.54 Å². The highest BCUT2D eigenvalue weighted by atomic mass is 127. The number of benzene rings is 2. The monoisotopic (exact) mass is 785 g/mol. The lowest BCUT2D eigenvalue weighted by Gasteiger charge is -2.59. The Morgan fingerprint density at radius 2 is 1.48 bits per heavy atom. The number of piperidine rings is 1. The van der Waals surface area contributed by atoms with Gasteiger partial charge in [0.15, 0.2) is 9.84 Å². The molecule has 2 unspecified atom stereocenters. The van der Waals surface area contributed by atoms with E-state index in [1.54, 1.807) is 24.0 Å². The standard InChI is InChI=1S/C32H31F7INO4S/c1-18(42)20-14-28(15-20)16-21(17-28)27(43)41-12-2-11-29(46(44,45)24-7-5-23(40)6-8-24)25-9-4-22(13-19(25)3-10-26(29)41)30(33,31(34,35)36)32(37,38)39/h4-9,13,20-21,26H,2-3,10-12,14-17H2,1H3. The van der Waals surface area contributed by atoms with Crippen LogP contribution in [-0.2, 0) is 36.3 Å². The predicted octanol–water partition coefficient (Wildman–Crippen LogP) is 7.58. The Morgan fingerprint density at radius 3 is 2.04 bits per heavy atom. The van der Waals surface area contributed by atoms with E-state index >= 15 is 4.39 Å². The van der Waals surface area contributed by atoms with Crippen LogP contribution in [0.3, 0.4) is 0 Å². The second kappa shape index (κ2) is 10.9. The van der Waals surface area contributed by atoms with E-state index in [-0.39, 0.29) is 77.2 Å². The number of carbonyl (C=O) groups is 2. The zero-order chi connectivity index (χ0) is 33.7. The number of rotatable bonds is 5. The zero-order valence-electron chi connectivity index (χ0n) is 24.6. The van der Waals surface area contributed by atoms with Gasteiger partial charge in [0.1, 0.15) is 10.5 Å². The number of halogens is 8. The van der Waals surface area contributed by atoms with Gasteiger partial charge in [-0.3, -0.25) is 9.59 Å². The Kier molecular flexibility index (Phi) is 7.97. The Hall–Kier alpha value is -2.23. The van der Waals surface area contributed by atoms with Gasteiger partial charge in [-0.2, -0.15) is 26.3 Å².